The number of amides is 1. The van der Waals surface area contributed by atoms with Crippen molar-refractivity contribution >= 4 is 5.91 Å². The largest absolute Gasteiger partial charge is 0.392 e. The van der Waals surface area contributed by atoms with E-state index in [2.05, 4.69) is 5.32 Å². The number of likely N-dealkylation sites (N-methyl/N-ethyl adjacent to an activating group) is 1. The maximum Gasteiger partial charge on any atom is 0.224 e. The molecule has 17 heavy (non-hydrogen) atoms. The first-order chi connectivity index (χ1) is 7.99. The van der Waals surface area contributed by atoms with E-state index in [1.807, 2.05) is 7.05 Å². The van der Waals surface area contributed by atoms with Crippen LogP contribution in [0.1, 0.15) is 45.4 Å². The Balaban J connectivity index is 2.52. The number of carbonyl (C=O) groups is 1. The Morgan fingerprint density at radius 2 is 2.00 bits per heavy atom. The minimum Gasteiger partial charge on any atom is -0.392 e. The monoisotopic (exact) mass is 242 g/mol. The van der Waals surface area contributed by atoms with Gasteiger partial charge in [-0.05, 0) is 26.8 Å². The minimum atomic E-state index is -0.458. The number of hydrogen-bond donors (Lipinski definition) is 2. The zero-order chi connectivity index (χ0) is 12.9. The van der Waals surface area contributed by atoms with Crippen molar-refractivity contribution in [3.05, 3.63) is 0 Å². The van der Waals surface area contributed by atoms with Gasteiger partial charge in [-0.1, -0.05) is 19.3 Å². The van der Waals surface area contributed by atoms with Crippen LogP contribution >= 0.6 is 0 Å². The van der Waals surface area contributed by atoms with Crippen molar-refractivity contribution < 1.29 is 9.90 Å². The van der Waals surface area contributed by atoms with E-state index in [1.165, 1.54) is 19.3 Å². The zero-order valence-corrected chi connectivity index (χ0v) is 11.3. The molecule has 1 rings (SSSR count). The molecule has 1 amide bonds. The highest BCUT2D eigenvalue weighted by atomic mass is 16.3. The third-order valence-electron chi connectivity index (χ3n) is 3.79. The van der Waals surface area contributed by atoms with Crippen molar-refractivity contribution in [3.63, 3.8) is 0 Å². The molecule has 0 bridgehead atoms. The van der Waals surface area contributed by atoms with Gasteiger partial charge in [-0.15, -0.1) is 0 Å². The summed E-state index contributed by atoms with van der Waals surface area (Å²) in [5.41, 5.74) is -0.0116. The Hall–Kier alpha value is -0.610. The van der Waals surface area contributed by atoms with Crippen LogP contribution in [0.3, 0.4) is 0 Å². The SMILES string of the molecule is CNC1(CC(=O)N(C)CC(C)O)CCCCC1. The Morgan fingerprint density at radius 3 is 2.47 bits per heavy atom. The lowest BCUT2D eigenvalue weighted by molar-refractivity contribution is -0.133. The maximum absolute atomic E-state index is 12.1. The van der Waals surface area contributed by atoms with Gasteiger partial charge in [0, 0.05) is 25.6 Å². The second kappa shape index (κ2) is 6.36. The lowest BCUT2D eigenvalue weighted by atomic mass is 9.79. The van der Waals surface area contributed by atoms with Crippen LogP contribution in [0, 0.1) is 0 Å². The van der Waals surface area contributed by atoms with Gasteiger partial charge in [0.1, 0.15) is 0 Å². The van der Waals surface area contributed by atoms with Gasteiger partial charge in [0.05, 0.1) is 6.10 Å². The van der Waals surface area contributed by atoms with E-state index < -0.39 is 6.10 Å². The number of nitrogens with one attached hydrogen (secondary N) is 1. The van der Waals surface area contributed by atoms with E-state index >= 15 is 0 Å². The van der Waals surface area contributed by atoms with E-state index in [-0.39, 0.29) is 11.4 Å². The molecular weight excluding hydrogens is 216 g/mol. The molecule has 2 N–H and O–H groups in total. The van der Waals surface area contributed by atoms with Crippen molar-refractivity contribution in [2.75, 3.05) is 20.6 Å². The minimum absolute atomic E-state index is 0.0116. The fourth-order valence-electron chi connectivity index (χ4n) is 2.67. The highest BCUT2D eigenvalue weighted by Crippen LogP contribution is 2.31. The molecule has 1 atom stereocenters. The quantitative estimate of drug-likeness (QED) is 0.760. The fraction of sp³-hybridized carbons (Fsp3) is 0.923. The van der Waals surface area contributed by atoms with Crippen molar-refractivity contribution in [1.29, 1.82) is 0 Å². The standard InChI is InChI=1S/C13H26N2O2/c1-11(16)10-15(3)12(17)9-13(14-2)7-5-4-6-8-13/h11,14,16H,4-10H2,1-3H3. The Morgan fingerprint density at radius 1 is 1.41 bits per heavy atom. The fourth-order valence-corrected chi connectivity index (χ4v) is 2.67. The van der Waals surface area contributed by atoms with Crippen molar-refractivity contribution in [2.45, 2.75) is 57.1 Å². The van der Waals surface area contributed by atoms with Crippen LogP contribution < -0.4 is 5.32 Å². The van der Waals surface area contributed by atoms with Gasteiger partial charge in [-0.25, -0.2) is 0 Å². The number of aliphatic hydroxyl groups is 1. The second-order valence-corrected chi connectivity index (χ2v) is 5.39. The number of aliphatic hydroxyl groups excluding tert-OH is 1. The molecule has 1 aliphatic rings. The molecule has 4 heteroatoms. The average Bonchev–Trinajstić information content (AvgIpc) is 2.29. The maximum atomic E-state index is 12.1. The molecule has 0 radical (unpaired) electrons. The summed E-state index contributed by atoms with van der Waals surface area (Å²) < 4.78 is 0. The van der Waals surface area contributed by atoms with Crippen LogP contribution in [0.25, 0.3) is 0 Å². The van der Waals surface area contributed by atoms with E-state index in [9.17, 15) is 9.90 Å². The molecule has 1 aliphatic carbocycles. The summed E-state index contributed by atoms with van der Waals surface area (Å²) in [6.07, 6.45) is 5.94. The molecule has 0 aliphatic heterocycles. The molecule has 0 spiro atoms. The summed E-state index contributed by atoms with van der Waals surface area (Å²) in [5.74, 6) is 0.127. The van der Waals surface area contributed by atoms with Crippen LogP contribution in [0.15, 0.2) is 0 Å². The predicted molar refractivity (Wildman–Crippen MR) is 68.8 cm³/mol. The van der Waals surface area contributed by atoms with Gasteiger partial charge in [0.15, 0.2) is 0 Å². The summed E-state index contributed by atoms with van der Waals surface area (Å²) in [6.45, 7) is 2.12. The number of rotatable bonds is 5. The van der Waals surface area contributed by atoms with Crippen LogP contribution in [-0.4, -0.2) is 48.2 Å². The van der Waals surface area contributed by atoms with Crippen molar-refractivity contribution in [1.82, 2.24) is 10.2 Å². The average molecular weight is 242 g/mol. The Bertz CT molecular complexity index is 248. The molecule has 0 aromatic carbocycles. The third kappa shape index (κ3) is 4.28. The van der Waals surface area contributed by atoms with Gasteiger partial charge < -0.3 is 15.3 Å². The molecule has 0 aromatic rings. The van der Waals surface area contributed by atoms with Gasteiger partial charge >= 0.3 is 0 Å². The normalized spacial score (nSPS) is 20.9. The number of carbonyl (C=O) groups excluding carboxylic acids is 1. The van der Waals surface area contributed by atoms with Gasteiger partial charge in [0.25, 0.3) is 0 Å². The summed E-state index contributed by atoms with van der Waals surface area (Å²) in [6, 6.07) is 0. The zero-order valence-electron chi connectivity index (χ0n) is 11.3. The molecule has 4 nitrogen and oxygen atoms in total. The highest BCUT2D eigenvalue weighted by molar-refractivity contribution is 5.77. The molecule has 1 unspecified atom stereocenters. The predicted octanol–water partition coefficient (Wildman–Crippen LogP) is 1.14. The first kappa shape index (κ1) is 14.5. The Kier molecular flexibility index (Phi) is 5.40. The van der Waals surface area contributed by atoms with Gasteiger partial charge in [0.2, 0.25) is 5.91 Å². The molecule has 0 saturated heterocycles. The van der Waals surface area contributed by atoms with Gasteiger partial charge in [-0.2, -0.15) is 0 Å². The second-order valence-electron chi connectivity index (χ2n) is 5.39. The lowest BCUT2D eigenvalue weighted by Gasteiger charge is -2.37. The molecule has 0 heterocycles. The smallest absolute Gasteiger partial charge is 0.224 e. The highest BCUT2D eigenvalue weighted by Gasteiger charge is 2.33. The molecule has 0 aromatic heterocycles. The molecule has 1 saturated carbocycles. The lowest BCUT2D eigenvalue weighted by Crippen LogP contribution is -2.49. The third-order valence-corrected chi connectivity index (χ3v) is 3.79. The number of hydrogen-bond acceptors (Lipinski definition) is 3. The van der Waals surface area contributed by atoms with E-state index in [0.717, 1.165) is 12.8 Å². The van der Waals surface area contributed by atoms with Crippen LogP contribution in [0.5, 0.6) is 0 Å². The molecular formula is C13H26N2O2. The molecule has 100 valence electrons. The Labute approximate surface area is 104 Å². The van der Waals surface area contributed by atoms with Crippen molar-refractivity contribution in [2.24, 2.45) is 0 Å². The summed E-state index contributed by atoms with van der Waals surface area (Å²) in [7, 11) is 3.72. The van der Waals surface area contributed by atoms with Crippen LogP contribution in [-0.2, 0) is 4.79 Å². The van der Waals surface area contributed by atoms with Crippen molar-refractivity contribution in [3.8, 4) is 0 Å². The van der Waals surface area contributed by atoms with Gasteiger partial charge in [-0.3, -0.25) is 4.79 Å². The summed E-state index contributed by atoms with van der Waals surface area (Å²) in [4.78, 5) is 13.7. The molecule has 1 fully saturated rings. The summed E-state index contributed by atoms with van der Waals surface area (Å²) in [5, 5.41) is 12.6. The number of nitrogens with zero attached hydrogens (tertiary/aromatic N) is 1. The topological polar surface area (TPSA) is 52.6 Å². The first-order valence-electron chi connectivity index (χ1n) is 6.60. The van der Waals surface area contributed by atoms with E-state index in [0.29, 0.717) is 13.0 Å². The van der Waals surface area contributed by atoms with Crippen LogP contribution in [0.4, 0.5) is 0 Å². The first-order valence-corrected chi connectivity index (χ1v) is 6.60. The summed E-state index contributed by atoms with van der Waals surface area (Å²) >= 11 is 0. The van der Waals surface area contributed by atoms with E-state index in [1.54, 1.807) is 18.9 Å². The van der Waals surface area contributed by atoms with E-state index in [4.69, 9.17) is 0 Å². The van der Waals surface area contributed by atoms with Crippen LogP contribution in [0.2, 0.25) is 0 Å².